The van der Waals surface area contributed by atoms with Crippen LogP contribution in [-0.2, 0) is 6.54 Å². The number of nitrogens with zero attached hydrogens (tertiary/aromatic N) is 1. The maximum atomic E-state index is 12.9. The first-order valence-electron chi connectivity index (χ1n) is 6.25. The van der Waals surface area contributed by atoms with Crippen LogP contribution in [0.3, 0.4) is 0 Å². The minimum atomic E-state index is -0.227. The molecule has 1 aromatic heterocycles. The Morgan fingerprint density at radius 2 is 1.85 bits per heavy atom. The van der Waals surface area contributed by atoms with Gasteiger partial charge in [0.05, 0.1) is 10.5 Å². The van der Waals surface area contributed by atoms with E-state index in [2.05, 4.69) is 10.3 Å². The number of rotatable bonds is 3. The van der Waals surface area contributed by atoms with Crippen LogP contribution in [0, 0.1) is 5.82 Å². The van der Waals surface area contributed by atoms with Gasteiger partial charge in [0.1, 0.15) is 5.82 Å². The summed E-state index contributed by atoms with van der Waals surface area (Å²) in [5.41, 5.74) is 2.75. The molecule has 0 radical (unpaired) electrons. The van der Waals surface area contributed by atoms with Gasteiger partial charge in [0.2, 0.25) is 0 Å². The quantitative estimate of drug-likeness (QED) is 0.759. The Balaban J connectivity index is 1.88. The number of hydrogen-bond acceptors (Lipinski definition) is 2. The Morgan fingerprint density at radius 3 is 2.65 bits per heavy atom. The van der Waals surface area contributed by atoms with Gasteiger partial charge in [-0.05, 0) is 42.0 Å². The summed E-state index contributed by atoms with van der Waals surface area (Å²) in [4.78, 5) is 4.29. The first-order valence-corrected chi connectivity index (χ1v) is 6.63. The predicted octanol–water partition coefficient (Wildman–Crippen LogP) is 4.64. The Bertz CT molecular complexity index is 741. The lowest BCUT2D eigenvalue weighted by molar-refractivity contribution is 0.627. The Labute approximate surface area is 121 Å². The second-order valence-electron chi connectivity index (χ2n) is 4.47. The minimum absolute atomic E-state index is 0.227. The van der Waals surface area contributed by atoms with Crippen molar-refractivity contribution in [2.45, 2.75) is 6.54 Å². The van der Waals surface area contributed by atoms with Crippen LogP contribution in [0.25, 0.3) is 10.9 Å². The monoisotopic (exact) mass is 286 g/mol. The van der Waals surface area contributed by atoms with Crippen LogP contribution in [0.15, 0.2) is 54.7 Å². The summed E-state index contributed by atoms with van der Waals surface area (Å²) < 4.78 is 12.9. The number of hydrogen-bond donors (Lipinski definition) is 1. The molecule has 2 nitrogen and oxygen atoms in total. The van der Waals surface area contributed by atoms with Crippen molar-refractivity contribution in [2.75, 3.05) is 5.32 Å². The minimum Gasteiger partial charge on any atom is -0.380 e. The highest BCUT2D eigenvalue weighted by molar-refractivity contribution is 6.35. The maximum absolute atomic E-state index is 12.9. The van der Waals surface area contributed by atoms with Crippen LogP contribution >= 0.6 is 11.6 Å². The maximum Gasteiger partial charge on any atom is 0.123 e. The molecule has 2 aromatic carbocycles. The zero-order chi connectivity index (χ0) is 13.9. The van der Waals surface area contributed by atoms with Gasteiger partial charge in [-0.15, -0.1) is 0 Å². The molecule has 1 N–H and O–H groups in total. The molecule has 3 aromatic rings. The van der Waals surface area contributed by atoms with Crippen molar-refractivity contribution >= 4 is 28.2 Å². The Morgan fingerprint density at radius 1 is 1.05 bits per heavy atom. The average Bonchev–Trinajstić information content (AvgIpc) is 2.49. The van der Waals surface area contributed by atoms with Crippen LogP contribution in [0.2, 0.25) is 5.02 Å². The van der Waals surface area contributed by atoms with Crippen LogP contribution < -0.4 is 5.32 Å². The SMILES string of the molecule is Fc1ccc(CNc2ccc(Cl)c3ncccc23)cc1. The highest BCUT2D eigenvalue weighted by Crippen LogP contribution is 2.28. The largest absolute Gasteiger partial charge is 0.380 e. The van der Waals surface area contributed by atoms with Gasteiger partial charge in [-0.1, -0.05) is 23.7 Å². The van der Waals surface area contributed by atoms with E-state index in [1.165, 1.54) is 12.1 Å². The van der Waals surface area contributed by atoms with Crippen LogP contribution in [-0.4, -0.2) is 4.98 Å². The molecule has 1 heterocycles. The molecule has 0 spiro atoms. The number of anilines is 1. The first kappa shape index (κ1) is 12.9. The van der Waals surface area contributed by atoms with E-state index in [-0.39, 0.29) is 5.82 Å². The van der Waals surface area contributed by atoms with Gasteiger partial charge in [0, 0.05) is 23.8 Å². The number of benzene rings is 2. The molecular formula is C16H12ClFN2. The molecular weight excluding hydrogens is 275 g/mol. The van der Waals surface area contributed by atoms with Gasteiger partial charge in [0.15, 0.2) is 0 Å². The summed E-state index contributed by atoms with van der Waals surface area (Å²) in [6, 6.07) is 14.0. The summed E-state index contributed by atoms with van der Waals surface area (Å²) in [5, 5.41) is 4.94. The molecule has 0 atom stereocenters. The molecule has 0 aliphatic carbocycles. The molecule has 0 bridgehead atoms. The smallest absolute Gasteiger partial charge is 0.123 e. The lowest BCUT2D eigenvalue weighted by Crippen LogP contribution is -2.00. The van der Waals surface area contributed by atoms with Gasteiger partial charge >= 0.3 is 0 Å². The fraction of sp³-hybridized carbons (Fsp3) is 0.0625. The standard InChI is InChI=1S/C16H12ClFN2/c17-14-7-8-15(13-2-1-9-19-16(13)14)20-10-11-3-5-12(18)6-4-11/h1-9,20H,10H2. The Hall–Kier alpha value is -2.13. The summed E-state index contributed by atoms with van der Waals surface area (Å²) in [6.45, 7) is 0.617. The van der Waals surface area contributed by atoms with Crippen LogP contribution in [0.1, 0.15) is 5.56 Å². The Kier molecular flexibility index (Phi) is 3.52. The summed E-state index contributed by atoms with van der Waals surface area (Å²) in [5.74, 6) is -0.227. The molecule has 0 aliphatic rings. The highest BCUT2D eigenvalue weighted by Gasteiger charge is 2.05. The van der Waals surface area contributed by atoms with E-state index in [1.54, 1.807) is 18.3 Å². The molecule has 4 heteroatoms. The third-order valence-electron chi connectivity index (χ3n) is 3.12. The van der Waals surface area contributed by atoms with Crippen molar-refractivity contribution in [3.63, 3.8) is 0 Å². The number of halogens is 2. The van der Waals surface area contributed by atoms with Crippen LogP contribution in [0.5, 0.6) is 0 Å². The number of fused-ring (bicyclic) bond motifs is 1. The van der Waals surface area contributed by atoms with E-state index in [0.29, 0.717) is 11.6 Å². The van der Waals surface area contributed by atoms with Gasteiger partial charge in [0.25, 0.3) is 0 Å². The second-order valence-corrected chi connectivity index (χ2v) is 4.88. The van der Waals surface area contributed by atoms with Crippen molar-refractivity contribution in [1.29, 1.82) is 0 Å². The average molecular weight is 287 g/mol. The molecule has 0 saturated heterocycles. The molecule has 0 amide bonds. The zero-order valence-electron chi connectivity index (χ0n) is 10.6. The summed E-state index contributed by atoms with van der Waals surface area (Å²) in [7, 11) is 0. The molecule has 0 fully saturated rings. The molecule has 0 saturated carbocycles. The topological polar surface area (TPSA) is 24.9 Å². The lowest BCUT2D eigenvalue weighted by Gasteiger charge is -2.10. The third kappa shape index (κ3) is 2.58. The summed E-state index contributed by atoms with van der Waals surface area (Å²) in [6.07, 6.45) is 1.72. The molecule has 0 aliphatic heterocycles. The summed E-state index contributed by atoms with van der Waals surface area (Å²) >= 11 is 6.13. The van der Waals surface area contributed by atoms with Crippen LogP contribution in [0.4, 0.5) is 10.1 Å². The van der Waals surface area contributed by atoms with Crippen molar-refractivity contribution in [3.8, 4) is 0 Å². The first-order chi connectivity index (χ1) is 9.74. The molecule has 3 rings (SSSR count). The van der Waals surface area contributed by atoms with E-state index in [9.17, 15) is 4.39 Å². The van der Waals surface area contributed by atoms with E-state index in [1.807, 2.05) is 24.3 Å². The third-order valence-corrected chi connectivity index (χ3v) is 3.42. The van der Waals surface area contributed by atoms with Gasteiger partial charge < -0.3 is 5.32 Å². The van der Waals surface area contributed by atoms with Gasteiger partial charge in [-0.3, -0.25) is 4.98 Å². The normalized spacial score (nSPS) is 10.7. The van der Waals surface area contributed by atoms with E-state index < -0.39 is 0 Å². The van der Waals surface area contributed by atoms with Gasteiger partial charge in [-0.2, -0.15) is 0 Å². The number of nitrogens with one attached hydrogen (secondary N) is 1. The van der Waals surface area contributed by atoms with Crippen molar-refractivity contribution < 1.29 is 4.39 Å². The van der Waals surface area contributed by atoms with E-state index in [4.69, 9.17) is 11.6 Å². The van der Waals surface area contributed by atoms with Crippen molar-refractivity contribution in [3.05, 3.63) is 71.1 Å². The zero-order valence-corrected chi connectivity index (χ0v) is 11.4. The van der Waals surface area contributed by atoms with E-state index >= 15 is 0 Å². The fourth-order valence-corrected chi connectivity index (χ4v) is 2.31. The second kappa shape index (κ2) is 5.47. The van der Waals surface area contributed by atoms with E-state index in [0.717, 1.165) is 22.2 Å². The van der Waals surface area contributed by atoms with Crippen molar-refractivity contribution in [2.24, 2.45) is 0 Å². The number of aromatic nitrogens is 1. The molecule has 20 heavy (non-hydrogen) atoms. The van der Waals surface area contributed by atoms with Crippen molar-refractivity contribution in [1.82, 2.24) is 4.98 Å². The molecule has 0 unspecified atom stereocenters. The van der Waals surface area contributed by atoms with Gasteiger partial charge in [-0.25, -0.2) is 4.39 Å². The number of pyridine rings is 1. The highest BCUT2D eigenvalue weighted by atomic mass is 35.5. The predicted molar refractivity (Wildman–Crippen MR) is 80.5 cm³/mol. The lowest BCUT2D eigenvalue weighted by atomic mass is 10.1. The fourth-order valence-electron chi connectivity index (χ4n) is 2.09. The molecule has 100 valence electrons.